The number of nitrogen functional groups attached to an aromatic ring is 1. The van der Waals surface area contributed by atoms with Crippen molar-refractivity contribution in [3.8, 4) is 5.88 Å². The number of hydrogen-bond donors (Lipinski definition) is 2. The van der Waals surface area contributed by atoms with Crippen molar-refractivity contribution < 1.29 is 4.74 Å². The van der Waals surface area contributed by atoms with Gasteiger partial charge in [-0.15, -0.1) is 0 Å². The summed E-state index contributed by atoms with van der Waals surface area (Å²) in [6.45, 7) is 3.27. The van der Waals surface area contributed by atoms with Gasteiger partial charge in [0.25, 0.3) is 0 Å². The second kappa shape index (κ2) is 5.25. The van der Waals surface area contributed by atoms with Crippen LogP contribution in [0.25, 0.3) is 0 Å². The van der Waals surface area contributed by atoms with Gasteiger partial charge in [-0.05, 0) is 24.3 Å². The topological polar surface area (TPSA) is 60.2 Å². The minimum atomic E-state index is 0.598. The van der Waals surface area contributed by atoms with E-state index in [-0.39, 0.29) is 0 Å². The molecule has 1 saturated carbocycles. The number of methoxy groups -OCH3 is 1. The van der Waals surface area contributed by atoms with Gasteiger partial charge in [-0.3, -0.25) is 0 Å². The van der Waals surface area contributed by atoms with Crippen LogP contribution in [0.5, 0.6) is 5.88 Å². The van der Waals surface area contributed by atoms with Gasteiger partial charge in [0.2, 0.25) is 5.88 Å². The van der Waals surface area contributed by atoms with E-state index in [9.17, 15) is 0 Å². The summed E-state index contributed by atoms with van der Waals surface area (Å²) in [5.41, 5.74) is 6.56. The Bertz CT molecular complexity index is 381. The van der Waals surface area contributed by atoms with Crippen LogP contribution in [0, 0.1) is 11.8 Å². The Hall–Kier alpha value is -1.45. The summed E-state index contributed by atoms with van der Waals surface area (Å²) in [6.07, 6.45) is 3.99. The lowest BCUT2D eigenvalue weighted by Gasteiger charge is -2.17. The van der Waals surface area contributed by atoms with E-state index in [0.29, 0.717) is 11.6 Å². The molecule has 1 aromatic heterocycles. The van der Waals surface area contributed by atoms with Crippen LogP contribution in [0.15, 0.2) is 12.1 Å². The number of hydrogen-bond acceptors (Lipinski definition) is 4. The van der Waals surface area contributed by atoms with Gasteiger partial charge in [-0.2, -0.15) is 4.98 Å². The molecule has 1 aliphatic rings. The van der Waals surface area contributed by atoms with Crippen LogP contribution >= 0.6 is 0 Å². The third kappa shape index (κ3) is 2.81. The van der Waals surface area contributed by atoms with E-state index in [4.69, 9.17) is 10.5 Å². The molecule has 4 heteroatoms. The minimum Gasteiger partial charge on any atom is -0.481 e. The molecule has 0 saturated heterocycles. The zero-order valence-corrected chi connectivity index (χ0v) is 10.6. The Kier molecular flexibility index (Phi) is 3.71. The number of pyridine rings is 1. The number of nitrogens with one attached hydrogen (secondary N) is 1. The van der Waals surface area contributed by atoms with Crippen molar-refractivity contribution >= 4 is 11.5 Å². The number of ether oxygens (including phenoxy) is 1. The quantitative estimate of drug-likeness (QED) is 0.842. The molecule has 94 valence electrons. The zero-order chi connectivity index (χ0) is 12.3. The number of nitrogens with two attached hydrogens (primary N) is 1. The zero-order valence-electron chi connectivity index (χ0n) is 10.6. The molecule has 4 nitrogen and oxygen atoms in total. The molecule has 0 radical (unpaired) electrons. The molecule has 1 aliphatic carbocycles. The van der Waals surface area contributed by atoms with Crippen LogP contribution in [0.4, 0.5) is 11.5 Å². The fraction of sp³-hybridized carbons (Fsp3) is 0.615. The highest BCUT2D eigenvalue weighted by Gasteiger charge is 2.23. The summed E-state index contributed by atoms with van der Waals surface area (Å²) in [5.74, 6) is 2.88. The van der Waals surface area contributed by atoms with Crippen LogP contribution in [0.1, 0.15) is 26.2 Å². The molecule has 2 rings (SSSR count). The Balaban J connectivity index is 1.98. The van der Waals surface area contributed by atoms with Crippen LogP contribution < -0.4 is 15.8 Å². The van der Waals surface area contributed by atoms with Crippen LogP contribution in [0.3, 0.4) is 0 Å². The molecule has 2 atom stereocenters. The minimum absolute atomic E-state index is 0.598. The second-order valence-electron chi connectivity index (χ2n) is 4.84. The highest BCUT2D eigenvalue weighted by molar-refractivity contribution is 5.61. The van der Waals surface area contributed by atoms with Crippen molar-refractivity contribution in [2.45, 2.75) is 26.2 Å². The summed E-state index contributed by atoms with van der Waals surface area (Å²) in [6, 6.07) is 3.60. The van der Waals surface area contributed by atoms with Crippen molar-refractivity contribution in [1.82, 2.24) is 4.98 Å². The number of aromatic nitrogens is 1. The SMILES string of the molecule is COc1ccc(N)c(NCC2CCCC2C)n1. The van der Waals surface area contributed by atoms with E-state index < -0.39 is 0 Å². The van der Waals surface area contributed by atoms with E-state index in [1.807, 2.05) is 6.07 Å². The first-order chi connectivity index (χ1) is 8.20. The smallest absolute Gasteiger partial charge is 0.215 e. The van der Waals surface area contributed by atoms with E-state index in [1.165, 1.54) is 19.3 Å². The molecule has 17 heavy (non-hydrogen) atoms. The lowest BCUT2D eigenvalue weighted by Crippen LogP contribution is -2.17. The fourth-order valence-corrected chi connectivity index (χ4v) is 2.46. The average molecular weight is 235 g/mol. The van der Waals surface area contributed by atoms with Gasteiger partial charge >= 0.3 is 0 Å². The first-order valence-corrected chi connectivity index (χ1v) is 6.25. The van der Waals surface area contributed by atoms with Gasteiger partial charge < -0.3 is 15.8 Å². The lowest BCUT2D eigenvalue weighted by atomic mass is 9.98. The molecule has 1 heterocycles. The second-order valence-corrected chi connectivity index (χ2v) is 4.84. The Labute approximate surface area is 103 Å². The number of rotatable bonds is 4. The Morgan fingerprint density at radius 2 is 2.29 bits per heavy atom. The van der Waals surface area contributed by atoms with Crippen molar-refractivity contribution in [3.05, 3.63) is 12.1 Å². The maximum absolute atomic E-state index is 5.88. The summed E-state index contributed by atoms with van der Waals surface area (Å²) >= 11 is 0. The van der Waals surface area contributed by atoms with E-state index in [2.05, 4.69) is 17.2 Å². The standard InChI is InChI=1S/C13H21N3O/c1-9-4-3-5-10(9)8-15-13-11(14)6-7-12(16-13)17-2/h6-7,9-10H,3-5,8,14H2,1-2H3,(H,15,16). The average Bonchev–Trinajstić information content (AvgIpc) is 2.74. The van der Waals surface area contributed by atoms with Crippen molar-refractivity contribution in [1.29, 1.82) is 0 Å². The third-order valence-electron chi connectivity index (χ3n) is 3.68. The van der Waals surface area contributed by atoms with Gasteiger partial charge in [-0.1, -0.05) is 19.8 Å². The monoisotopic (exact) mass is 235 g/mol. The normalized spacial score (nSPS) is 23.6. The highest BCUT2D eigenvalue weighted by Crippen LogP contribution is 2.31. The molecule has 0 bridgehead atoms. The van der Waals surface area contributed by atoms with Crippen molar-refractivity contribution in [2.24, 2.45) is 11.8 Å². The van der Waals surface area contributed by atoms with E-state index >= 15 is 0 Å². The number of anilines is 2. The predicted octanol–water partition coefficient (Wildman–Crippen LogP) is 2.52. The maximum atomic E-state index is 5.88. The van der Waals surface area contributed by atoms with Crippen LogP contribution in [-0.2, 0) is 0 Å². The summed E-state index contributed by atoms with van der Waals surface area (Å²) in [4.78, 5) is 4.32. The van der Waals surface area contributed by atoms with Crippen molar-refractivity contribution in [3.63, 3.8) is 0 Å². The number of nitrogens with zero attached hydrogens (tertiary/aromatic N) is 1. The molecule has 1 aromatic rings. The van der Waals surface area contributed by atoms with Gasteiger partial charge in [0.1, 0.15) is 0 Å². The van der Waals surface area contributed by atoms with Gasteiger partial charge in [0, 0.05) is 12.6 Å². The largest absolute Gasteiger partial charge is 0.481 e. The highest BCUT2D eigenvalue weighted by atomic mass is 16.5. The van der Waals surface area contributed by atoms with Crippen LogP contribution in [0.2, 0.25) is 0 Å². The fourth-order valence-electron chi connectivity index (χ4n) is 2.46. The van der Waals surface area contributed by atoms with Crippen molar-refractivity contribution in [2.75, 3.05) is 24.7 Å². The Morgan fingerprint density at radius 1 is 1.47 bits per heavy atom. The molecule has 0 aliphatic heterocycles. The molecule has 3 N–H and O–H groups in total. The summed E-state index contributed by atoms with van der Waals surface area (Å²) in [7, 11) is 1.61. The summed E-state index contributed by atoms with van der Waals surface area (Å²) < 4.78 is 5.10. The molecular formula is C13H21N3O. The van der Waals surface area contributed by atoms with E-state index in [0.717, 1.165) is 24.2 Å². The summed E-state index contributed by atoms with van der Waals surface area (Å²) in [5, 5.41) is 3.34. The molecule has 0 spiro atoms. The lowest BCUT2D eigenvalue weighted by molar-refractivity contribution is 0.398. The predicted molar refractivity (Wildman–Crippen MR) is 70.2 cm³/mol. The maximum Gasteiger partial charge on any atom is 0.215 e. The van der Waals surface area contributed by atoms with Gasteiger partial charge in [0.15, 0.2) is 5.82 Å². The van der Waals surface area contributed by atoms with Gasteiger partial charge in [0.05, 0.1) is 12.8 Å². The molecular weight excluding hydrogens is 214 g/mol. The molecule has 0 amide bonds. The Morgan fingerprint density at radius 3 is 2.94 bits per heavy atom. The van der Waals surface area contributed by atoms with E-state index in [1.54, 1.807) is 13.2 Å². The van der Waals surface area contributed by atoms with Crippen LogP contribution in [-0.4, -0.2) is 18.6 Å². The first-order valence-electron chi connectivity index (χ1n) is 6.25. The molecule has 2 unspecified atom stereocenters. The first kappa shape index (κ1) is 12.0. The molecule has 0 aromatic carbocycles. The third-order valence-corrected chi connectivity index (χ3v) is 3.68. The van der Waals surface area contributed by atoms with Gasteiger partial charge in [-0.25, -0.2) is 0 Å². The molecule has 1 fully saturated rings.